The van der Waals surface area contributed by atoms with E-state index >= 15 is 0 Å². The molecule has 1 fully saturated rings. The number of aliphatic carboxylic acids is 1. The van der Waals surface area contributed by atoms with Gasteiger partial charge in [0.2, 0.25) is 0 Å². The lowest BCUT2D eigenvalue weighted by molar-refractivity contribution is -0.192. The van der Waals surface area contributed by atoms with Crippen molar-refractivity contribution >= 4 is 46.0 Å². The van der Waals surface area contributed by atoms with Crippen molar-refractivity contribution in [1.29, 1.82) is 0 Å². The van der Waals surface area contributed by atoms with Crippen LogP contribution < -0.4 is 5.32 Å². The predicted octanol–water partition coefficient (Wildman–Crippen LogP) is 6.76. The zero-order valence-electron chi connectivity index (χ0n) is 20.3. The first-order valence-electron chi connectivity index (χ1n) is 11.6. The molecule has 7 nitrogen and oxygen atoms in total. The van der Waals surface area contributed by atoms with Gasteiger partial charge in [-0.2, -0.15) is 18.3 Å². The highest BCUT2D eigenvalue weighted by Gasteiger charge is 2.38. The van der Waals surface area contributed by atoms with Gasteiger partial charge in [-0.1, -0.05) is 54.4 Å². The van der Waals surface area contributed by atoms with Crippen molar-refractivity contribution in [2.75, 3.05) is 13.1 Å². The van der Waals surface area contributed by atoms with Crippen LogP contribution in [0.3, 0.4) is 0 Å². The summed E-state index contributed by atoms with van der Waals surface area (Å²) in [6, 6.07) is 10.6. The van der Waals surface area contributed by atoms with Gasteiger partial charge in [0.25, 0.3) is 0 Å². The highest BCUT2D eigenvalue weighted by atomic mass is 35.5. The third kappa shape index (κ3) is 8.91. The molecule has 0 spiro atoms. The summed E-state index contributed by atoms with van der Waals surface area (Å²) in [6.07, 6.45) is -0.875. The minimum absolute atomic E-state index is 0.185. The Bertz CT molecular complexity index is 1230. The maximum atomic E-state index is 11.5. The number of aromatic nitrogens is 2. The van der Waals surface area contributed by atoms with E-state index in [4.69, 9.17) is 33.1 Å². The molecule has 0 amide bonds. The van der Waals surface area contributed by atoms with Crippen LogP contribution in [-0.2, 0) is 11.3 Å². The monoisotopic (exact) mass is 561 g/mol. The van der Waals surface area contributed by atoms with E-state index in [-0.39, 0.29) is 5.69 Å². The average molecular weight is 562 g/mol. The quantitative estimate of drug-likeness (QED) is 0.275. The van der Waals surface area contributed by atoms with Crippen molar-refractivity contribution in [3.8, 4) is 11.1 Å². The van der Waals surface area contributed by atoms with Crippen LogP contribution in [0.1, 0.15) is 43.6 Å². The fourth-order valence-electron chi connectivity index (χ4n) is 3.34. The number of nitrogens with zero attached hydrogens (tertiary/aromatic N) is 2. The molecule has 4 rings (SSSR count). The van der Waals surface area contributed by atoms with Crippen LogP contribution in [0.5, 0.6) is 0 Å². The van der Waals surface area contributed by atoms with Crippen LogP contribution in [0.2, 0.25) is 10.0 Å². The zero-order valence-corrected chi connectivity index (χ0v) is 21.8. The van der Waals surface area contributed by atoms with Crippen LogP contribution in [0.25, 0.3) is 22.0 Å². The number of rotatable bonds is 7. The predicted molar refractivity (Wildman–Crippen MR) is 137 cm³/mol. The molecule has 3 N–H and O–H groups in total. The lowest BCUT2D eigenvalue weighted by atomic mass is 10.0. The molecule has 0 radical (unpaired) electrons. The molecule has 1 aliphatic rings. The number of carboxylic acid groups (broad SMARTS) is 2. The molecular weight excluding hydrogens is 534 g/mol. The minimum Gasteiger partial charge on any atom is -0.477 e. The smallest absolute Gasteiger partial charge is 0.477 e. The average Bonchev–Trinajstić information content (AvgIpc) is 3.56. The highest BCUT2D eigenvalue weighted by Crippen LogP contribution is 2.35. The standard InChI is InChI=1S/C16H12Cl2N2O2.C7H15N.C2HF3O2/c1-2-20-15(16(21)22)12-5-3-4-11(14(12)19-20)10-7-6-9(17)8-13(10)18;1-2-5-8-6-7-3-4-7;3-2(4,5)1(6)7/h3-8H,2H2,1H3,(H,21,22);7-8H,2-6H2,1H3;(H,6,7). The molecule has 0 atom stereocenters. The van der Waals surface area contributed by atoms with Gasteiger partial charge in [-0.3, -0.25) is 4.68 Å². The van der Waals surface area contributed by atoms with E-state index in [1.807, 2.05) is 19.1 Å². The molecule has 1 aromatic heterocycles. The number of halogens is 5. The molecule has 202 valence electrons. The lowest BCUT2D eigenvalue weighted by Gasteiger charge is -2.05. The first kappa shape index (κ1) is 30.4. The second kappa shape index (κ2) is 13.6. The maximum absolute atomic E-state index is 11.5. The first-order chi connectivity index (χ1) is 17.4. The number of aryl methyl sites for hydroxylation is 1. The lowest BCUT2D eigenvalue weighted by Crippen LogP contribution is -2.21. The van der Waals surface area contributed by atoms with Gasteiger partial charge in [-0.05, 0) is 57.3 Å². The fourth-order valence-corrected chi connectivity index (χ4v) is 3.85. The molecule has 0 aliphatic heterocycles. The summed E-state index contributed by atoms with van der Waals surface area (Å²) < 4.78 is 33.2. The summed E-state index contributed by atoms with van der Waals surface area (Å²) in [6.45, 7) is 7.02. The van der Waals surface area contributed by atoms with E-state index in [2.05, 4.69) is 17.3 Å². The summed E-state index contributed by atoms with van der Waals surface area (Å²) in [7, 11) is 0. The molecular formula is C25H28Cl2F3N3O4. The Balaban J connectivity index is 0.000000263. The summed E-state index contributed by atoms with van der Waals surface area (Å²) in [5, 5.41) is 26.0. The van der Waals surface area contributed by atoms with E-state index in [1.54, 1.807) is 24.3 Å². The van der Waals surface area contributed by atoms with Gasteiger partial charge >= 0.3 is 18.1 Å². The topological polar surface area (TPSA) is 104 Å². The van der Waals surface area contributed by atoms with Crippen molar-refractivity contribution in [3.05, 3.63) is 52.1 Å². The summed E-state index contributed by atoms with van der Waals surface area (Å²) in [4.78, 5) is 20.4. The largest absolute Gasteiger partial charge is 0.490 e. The number of hydrogen-bond acceptors (Lipinski definition) is 4. The van der Waals surface area contributed by atoms with E-state index < -0.39 is 18.1 Å². The maximum Gasteiger partial charge on any atom is 0.490 e. The first-order valence-corrected chi connectivity index (χ1v) is 12.3. The number of carboxylic acids is 2. The third-order valence-electron chi connectivity index (χ3n) is 5.29. The molecule has 0 unspecified atom stereocenters. The number of benzene rings is 2. The molecule has 1 heterocycles. The Morgan fingerprint density at radius 3 is 2.24 bits per heavy atom. The second-order valence-electron chi connectivity index (χ2n) is 8.25. The Hall–Kier alpha value is -2.82. The molecule has 1 saturated carbocycles. The zero-order chi connectivity index (χ0) is 27.8. The summed E-state index contributed by atoms with van der Waals surface area (Å²) >= 11 is 12.2. The molecule has 12 heteroatoms. The molecule has 1 aliphatic carbocycles. The summed E-state index contributed by atoms with van der Waals surface area (Å²) in [5.41, 5.74) is 2.36. The van der Waals surface area contributed by atoms with Gasteiger partial charge in [0.05, 0.1) is 0 Å². The van der Waals surface area contributed by atoms with Gasteiger partial charge in [-0.15, -0.1) is 0 Å². The van der Waals surface area contributed by atoms with Gasteiger partial charge < -0.3 is 15.5 Å². The second-order valence-corrected chi connectivity index (χ2v) is 9.09. The van der Waals surface area contributed by atoms with Gasteiger partial charge in [-0.25, -0.2) is 9.59 Å². The van der Waals surface area contributed by atoms with Crippen LogP contribution in [0, 0.1) is 5.92 Å². The number of hydrogen-bond donors (Lipinski definition) is 3. The van der Waals surface area contributed by atoms with Gasteiger partial charge in [0.1, 0.15) is 5.52 Å². The van der Waals surface area contributed by atoms with Crippen molar-refractivity contribution in [1.82, 2.24) is 15.1 Å². The molecule has 0 bridgehead atoms. The Morgan fingerprint density at radius 1 is 1.11 bits per heavy atom. The Labute approximate surface area is 222 Å². The van der Waals surface area contributed by atoms with E-state index in [1.165, 1.54) is 37.0 Å². The van der Waals surface area contributed by atoms with Crippen LogP contribution in [0.4, 0.5) is 13.2 Å². The minimum atomic E-state index is -5.08. The SMILES string of the molecule is CCCNCC1CC1.CCn1nc2c(-c3ccc(Cl)cc3Cl)cccc2c1C(=O)O.O=C(O)C(F)(F)F. The van der Waals surface area contributed by atoms with Crippen LogP contribution in [-0.4, -0.2) is 51.2 Å². The van der Waals surface area contributed by atoms with Crippen molar-refractivity contribution < 1.29 is 33.0 Å². The number of carbonyl (C=O) groups is 2. The number of alkyl halides is 3. The number of fused-ring (bicyclic) bond motifs is 1. The fraction of sp³-hybridized carbons (Fsp3) is 0.400. The number of aromatic carboxylic acids is 1. The Kier molecular flexibility index (Phi) is 11.2. The third-order valence-corrected chi connectivity index (χ3v) is 5.84. The van der Waals surface area contributed by atoms with E-state index in [9.17, 15) is 23.1 Å². The molecule has 37 heavy (non-hydrogen) atoms. The van der Waals surface area contributed by atoms with Crippen molar-refractivity contribution in [2.45, 2.75) is 45.8 Å². The van der Waals surface area contributed by atoms with E-state index in [0.29, 0.717) is 27.5 Å². The van der Waals surface area contributed by atoms with Gasteiger partial charge in [0.15, 0.2) is 5.69 Å². The number of nitrogens with one attached hydrogen (secondary N) is 1. The molecule has 3 aromatic rings. The highest BCUT2D eigenvalue weighted by molar-refractivity contribution is 6.36. The van der Waals surface area contributed by atoms with Crippen LogP contribution in [0.15, 0.2) is 36.4 Å². The Morgan fingerprint density at radius 2 is 1.76 bits per heavy atom. The molecule has 2 aromatic carbocycles. The molecule has 0 saturated heterocycles. The van der Waals surface area contributed by atoms with Crippen molar-refractivity contribution in [2.24, 2.45) is 5.92 Å². The van der Waals surface area contributed by atoms with E-state index in [0.717, 1.165) is 17.0 Å². The van der Waals surface area contributed by atoms with Crippen LogP contribution >= 0.6 is 23.2 Å². The van der Waals surface area contributed by atoms with Crippen molar-refractivity contribution in [3.63, 3.8) is 0 Å². The van der Waals surface area contributed by atoms with Gasteiger partial charge in [0, 0.05) is 33.1 Å². The normalized spacial score (nSPS) is 12.8. The summed E-state index contributed by atoms with van der Waals surface area (Å²) in [5.74, 6) is -2.71.